The number of aliphatic hydroxyl groups excluding tert-OH is 1. The molecule has 0 saturated heterocycles. The molecule has 5 heteroatoms. The van der Waals surface area contributed by atoms with Gasteiger partial charge in [0.25, 0.3) is 0 Å². The van der Waals surface area contributed by atoms with E-state index in [9.17, 15) is 9.90 Å². The summed E-state index contributed by atoms with van der Waals surface area (Å²) in [5, 5.41) is 18.5. The number of hydrogen-bond acceptors (Lipinski definition) is 4. The van der Waals surface area contributed by atoms with Crippen LogP contribution in [0.1, 0.15) is 17.3 Å². The lowest BCUT2D eigenvalue weighted by Gasteiger charge is -2.11. The number of rotatable bonds is 7. The molecule has 0 bridgehead atoms. The molecule has 2 N–H and O–H groups in total. The normalized spacial score (nSPS) is 12.4. The SMILES string of the molecule is CCOCC(O)CSc1ccccc1C(=O)O. The van der Waals surface area contributed by atoms with Crippen LogP contribution in [-0.4, -0.2) is 41.3 Å². The molecular weight excluding hydrogens is 240 g/mol. The second kappa shape index (κ2) is 7.32. The minimum absolute atomic E-state index is 0.265. The Morgan fingerprint density at radius 2 is 2.18 bits per heavy atom. The fraction of sp³-hybridized carbons (Fsp3) is 0.417. The van der Waals surface area contributed by atoms with Crippen LogP contribution in [0.2, 0.25) is 0 Å². The molecule has 1 unspecified atom stereocenters. The Morgan fingerprint density at radius 1 is 1.47 bits per heavy atom. The number of thioether (sulfide) groups is 1. The van der Waals surface area contributed by atoms with Crippen molar-refractivity contribution in [2.75, 3.05) is 19.0 Å². The van der Waals surface area contributed by atoms with Crippen LogP contribution in [0.3, 0.4) is 0 Å². The van der Waals surface area contributed by atoms with Crippen molar-refractivity contribution in [1.82, 2.24) is 0 Å². The quantitative estimate of drug-likeness (QED) is 0.729. The van der Waals surface area contributed by atoms with Gasteiger partial charge in [0.2, 0.25) is 0 Å². The molecule has 1 aromatic carbocycles. The van der Waals surface area contributed by atoms with Gasteiger partial charge >= 0.3 is 5.97 Å². The van der Waals surface area contributed by atoms with Gasteiger partial charge in [-0.2, -0.15) is 0 Å². The second-order valence-corrected chi connectivity index (χ2v) is 4.49. The van der Waals surface area contributed by atoms with Crippen LogP contribution in [0, 0.1) is 0 Å². The van der Waals surface area contributed by atoms with E-state index >= 15 is 0 Å². The van der Waals surface area contributed by atoms with E-state index < -0.39 is 12.1 Å². The number of ether oxygens (including phenoxy) is 1. The zero-order valence-electron chi connectivity index (χ0n) is 9.63. The summed E-state index contributed by atoms with van der Waals surface area (Å²) in [6.45, 7) is 2.70. The summed E-state index contributed by atoms with van der Waals surface area (Å²) < 4.78 is 5.08. The Bertz CT molecular complexity index is 367. The Hall–Kier alpha value is -1.04. The Morgan fingerprint density at radius 3 is 2.82 bits per heavy atom. The van der Waals surface area contributed by atoms with Gasteiger partial charge in [0.15, 0.2) is 0 Å². The summed E-state index contributed by atoms with van der Waals surface area (Å²) in [6, 6.07) is 6.76. The average molecular weight is 256 g/mol. The maximum Gasteiger partial charge on any atom is 0.336 e. The minimum Gasteiger partial charge on any atom is -0.478 e. The van der Waals surface area contributed by atoms with Crippen molar-refractivity contribution in [1.29, 1.82) is 0 Å². The molecule has 0 aliphatic rings. The fourth-order valence-electron chi connectivity index (χ4n) is 1.26. The molecule has 0 radical (unpaired) electrons. The van der Waals surface area contributed by atoms with Gasteiger partial charge in [-0.05, 0) is 19.1 Å². The van der Waals surface area contributed by atoms with E-state index in [-0.39, 0.29) is 12.2 Å². The van der Waals surface area contributed by atoms with Gasteiger partial charge in [-0.25, -0.2) is 4.79 Å². The lowest BCUT2D eigenvalue weighted by atomic mass is 10.2. The molecule has 0 spiro atoms. The smallest absolute Gasteiger partial charge is 0.336 e. The van der Waals surface area contributed by atoms with E-state index in [0.717, 1.165) is 0 Å². The summed E-state index contributed by atoms with van der Waals surface area (Å²) in [7, 11) is 0. The van der Waals surface area contributed by atoms with Crippen molar-refractivity contribution in [2.45, 2.75) is 17.9 Å². The van der Waals surface area contributed by atoms with E-state index in [4.69, 9.17) is 9.84 Å². The number of carbonyl (C=O) groups is 1. The molecule has 17 heavy (non-hydrogen) atoms. The van der Waals surface area contributed by atoms with Crippen LogP contribution < -0.4 is 0 Å². The highest BCUT2D eigenvalue weighted by molar-refractivity contribution is 7.99. The fourth-order valence-corrected chi connectivity index (χ4v) is 2.21. The standard InChI is InChI=1S/C12H16O4S/c1-2-16-7-9(13)8-17-11-6-4-3-5-10(11)12(14)15/h3-6,9,13H,2,7-8H2,1H3,(H,14,15). The maximum absolute atomic E-state index is 10.9. The third kappa shape index (κ3) is 4.77. The van der Waals surface area contributed by atoms with E-state index in [2.05, 4.69) is 0 Å². The second-order valence-electron chi connectivity index (χ2n) is 3.43. The summed E-state index contributed by atoms with van der Waals surface area (Å²) >= 11 is 1.32. The van der Waals surface area contributed by atoms with Crippen molar-refractivity contribution < 1.29 is 19.7 Å². The van der Waals surface area contributed by atoms with Crippen molar-refractivity contribution in [3.05, 3.63) is 29.8 Å². The van der Waals surface area contributed by atoms with Crippen molar-refractivity contribution in [3.8, 4) is 0 Å². The first-order valence-electron chi connectivity index (χ1n) is 5.36. The molecule has 1 aromatic rings. The first kappa shape index (κ1) is 14.0. The summed E-state index contributed by atoms with van der Waals surface area (Å²) in [5.74, 6) is -0.531. The van der Waals surface area contributed by atoms with E-state index in [1.54, 1.807) is 24.3 Å². The van der Waals surface area contributed by atoms with Crippen LogP contribution in [0.5, 0.6) is 0 Å². The zero-order valence-corrected chi connectivity index (χ0v) is 10.4. The molecule has 1 rings (SSSR count). The van der Waals surface area contributed by atoms with Gasteiger partial charge in [-0.15, -0.1) is 11.8 Å². The topological polar surface area (TPSA) is 66.8 Å². The highest BCUT2D eigenvalue weighted by Crippen LogP contribution is 2.23. The number of carboxylic acids is 1. The lowest BCUT2D eigenvalue weighted by molar-refractivity contribution is 0.0551. The van der Waals surface area contributed by atoms with Crippen LogP contribution in [0.4, 0.5) is 0 Å². The molecule has 0 amide bonds. The Labute approximate surface area is 105 Å². The van der Waals surface area contributed by atoms with Gasteiger partial charge in [-0.3, -0.25) is 0 Å². The van der Waals surface area contributed by atoms with Crippen LogP contribution >= 0.6 is 11.8 Å². The summed E-state index contributed by atoms with van der Waals surface area (Å²) in [4.78, 5) is 11.6. The third-order valence-electron chi connectivity index (χ3n) is 2.06. The van der Waals surface area contributed by atoms with Gasteiger partial charge in [-0.1, -0.05) is 12.1 Å². The van der Waals surface area contributed by atoms with Crippen LogP contribution in [0.25, 0.3) is 0 Å². The summed E-state index contributed by atoms with van der Waals surface area (Å²) in [6.07, 6.45) is -0.582. The average Bonchev–Trinajstić information content (AvgIpc) is 2.34. The molecular formula is C12H16O4S. The van der Waals surface area contributed by atoms with Crippen molar-refractivity contribution in [2.24, 2.45) is 0 Å². The van der Waals surface area contributed by atoms with Crippen molar-refractivity contribution in [3.63, 3.8) is 0 Å². The van der Waals surface area contributed by atoms with E-state index in [1.165, 1.54) is 11.8 Å². The van der Waals surface area contributed by atoms with Gasteiger partial charge in [0.1, 0.15) is 0 Å². The van der Waals surface area contributed by atoms with Gasteiger partial charge < -0.3 is 14.9 Å². The van der Waals surface area contributed by atoms with E-state index in [0.29, 0.717) is 17.3 Å². The summed E-state index contributed by atoms with van der Waals surface area (Å²) in [5.41, 5.74) is 0.265. The maximum atomic E-state index is 10.9. The molecule has 0 aromatic heterocycles. The number of aliphatic hydroxyl groups is 1. The molecule has 1 atom stereocenters. The Kier molecular flexibility index (Phi) is 6.04. The van der Waals surface area contributed by atoms with Gasteiger partial charge in [0.05, 0.1) is 18.3 Å². The largest absolute Gasteiger partial charge is 0.478 e. The van der Waals surface area contributed by atoms with Crippen molar-refractivity contribution >= 4 is 17.7 Å². The third-order valence-corrected chi connectivity index (χ3v) is 3.28. The highest BCUT2D eigenvalue weighted by atomic mass is 32.2. The number of carboxylic acid groups (broad SMARTS) is 1. The molecule has 0 aliphatic carbocycles. The number of hydrogen-bond donors (Lipinski definition) is 2. The minimum atomic E-state index is -0.951. The molecule has 0 heterocycles. The predicted molar refractivity (Wildman–Crippen MR) is 66.6 cm³/mol. The molecule has 94 valence electrons. The molecule has 4 nitrogen and oxygen atoms in total. The molecule has 0 aliphatic heterocycles. The van der Waals surface area contributed by atoms with Crippen LogP contribution in [0.15, 0.2) is 29.2 Å². The number of aromatic carboxylic acids is 1. The zero-order chi connectivity index (χ0) is 12.7. The van der Waals surface area contributed by atoms with Crippen LogP contribution in [-0.2, 0) is 4.74 Å². The van der Waals surface area contributed by atoms with E-state index in [1.807, 2.05) is 6.92 Å². The molecule has 0 fully saturated rings. The highest BCUT2D eigenvalue weighted by Gasteiger charge is 2.11. The first-order chi connectivity index (χ1) is 8.15. The van der Waals surface area contributed by atoms with Gasteiger partial charge in [0, 0.05) is 17.3 Å². The predicted octanol–water partition coefficient (Wildman–Crippen LogP) is 1.87. The monoisotopic (exact) mass is 256 g/mol. The Balaban J connectivity index is 2.54. The first-order valence-corrected chi connectivity index (χ1v) is 6.34. The molecule has 0 saturated carbocycles. The number of benzene rings is 1. The lowest BCUT2D eigenvalue weighted by Crippen LogP contribution is -2.18.